The number of carbonyl (C=O) groups is 1. The number of hydrogen-bond donors (Lipinski definition) is 5. The summed E-state index contributed by atoms with van der Waals surface area (Å²) in [6.07, 6.45) is -1.69. The fraction of sp³-hybridized carbons (Fsp3) is 0. The van der Waals surface area contributed by atoms with Gasteiger partial charge in [0.05, 0.1) is 0 Å². The molecular formula is CH6BNaO8. The second kappa shape index (κ2) is 12.8. The van der Waals surface area contributed by atoms with Crippen LogP contribution in [0.1, 0.15) is 0 Å². The first-order valence-electron chi connectivity index (χ1n) is 1.75. The van der Waals surface area contributed by atoms with Gasteiger partial charge in [-0.3, -0.25) is 10.1 Å². The molecule has 0 fully saturated rings. The van der Waals surface area contributed by atoms with Crippen LogP contribution in [0.5, 0.6) is 0 Å². The van der Waals surface area contributed by atoms with Crippen LogP contribution in [0.2, 0.25) is 0 Å². The molecule has 0 aliphatic carbocycles. The van der Waals surface area contributed by atoms with E-state index in [9.17, 15) is 0 Å². The van der Waals surface area contributed by atoms with E-state index in [2.05, 4.69) is 9.69 Å². The van der Waals surface area contributed by atoms with Gasteiger partial charge in [0.15, 0.2) is 0 Å². The predicted molar refractivity (Wildman–Crippen MR) is 32.8 cm³/mol. The summed E-state index contributed by atoms with van der Waals surface area (Å²) in [5.74, 6) is 0. The molecule has 0 unspecified atom stereocenters. The molecule has 0 saturated carbocycles. The Morgan fingerprint density at radius 1 is 1.27 bits per heavy atom. The summed E-state index contributed by atoms with van der Waals surface area (Å²) in [7, 11) is -2.06. The molecular weight excluding hydrogens is 174 g/mol. The first-order chi connectivity index (χ1) is 4.54. The Hall–Kier alpha value is 0.135. The molecule has 0 aromatic heterocycles. The van der Waals surface area contributed by atoms with Crippen LogP contribution < -0.4 is 0 Å². The second-order valence-electron chi connectivity index (χ2n) is 0.789. The average Bonchev–Trinajstić information content (AvgIpc) is 1.89. The maximum atomic E-state index is 8.90. The molecule has 0 spiro atoms. The molecule has 0 atom stereocenters. The predicted octanol–water partition coefficient (Wildman–Crippen LogP) is -2.05. The standard InChI is InChI=1S/CH2O4.BH3O4.Na.H/c2*2-1(3)5-4;;/h4H,(H,2,3);2-4H;;. The molecule has 10 heteroatoms. The van der Waals surface area contributed by atoms with Crippen molar-refractivity contribution >= 4 is 43.0 Å². The molecule has 11 heavy (non-hydrogen) atoms. The topological polar surface area (TPSA) is 137 Å². The third-order valence-corrected chi connectivity index (χ3v) is 0.172. The quantitative estimate of drug-likeness (QED) is 0.176. The first kappa shape index (κ1) is 17.3. The van der Waals surface area contributed by atoms with Crippen molar-refractivity contribution in [1.82, 2.24) is 0 Å². The summed E-state index contributed by atoms with van der Waals surface area (Å²) >= 11 is 0. The minimum absolute atomic E-state index is 0. The Morgan fingerprint density at radius 3 is 1.45 bits per heavy atom. The molecule has 0 rings (SSSR count). The maximum absolute atomic E-state index is 8.90. The van der Waals surface area contributed by atoms with Crippen LogP contribution >= 0.6 is 0 Å². The van der Waals surface area contributed by atoms with Crippen LogP contribution in [0.15, 0.2) is 0 Å². The van der Waals surface area contributed by atoms with Gasteiger partial charge in [-0.1, -0.05) is 0 Å². The van der Waals surface area contributed by atoms with Crippen LogP contribution in [0.25, 0.3) is 0 Å². The first-order valence-corrected chi connectivity index (χ1v) is 1.75. The van der Waals surface area contributed by atoms with Crippen molar-refractivity contribution in [2.75, 3.05) is 0 Å². The molecule has 0 saturated heterocycles. The summed E-state index contributed by atoms with van der Waals surface area (Å²) in [6, 6.07) is 0. The zero-order valence-electron chi connectivity index (χ0n) is 4.54. The van der Waals surface area contributed by atoms with Crippen molar-refractivity contribution < 1.29 is 40.2 Å². The van der Waals surface area contributed by atoms with Crippen molar-refractivity contribution in [3.8, 4) is 0 Å². The van der Waals surface area contributed by atoms with Gasteiger partial charge in [0.25, 0.3) is 0 Å². The Labute approximate surface area is 83.3 Å². The summed E-state index contributed by atoms with van der Waals surface area (Å²) < 4.78 is 0. The number of hydrogen-bond acceptors (Lipinski definition) is 7. The monoisotopic (exact) mass is 180 g/mol. The summed E-state index contributed by atoms with van der Waals surface area (Å²) in [5.41, 5.74) is 0. The molecule has 62 valence electrons. The number of rotatable bonds is 1. The third kappa shape index (κ3) is 39.2. The summed E-state index contributed by atoms with van der Waals surface area (Å²) in [5, 5.41) is 36.3. The zero-order chi connectivity index (χ0) is 8.57. The Morgan fingerprint density at radius 2 is 1.45 bits per heavy atom. The normalized spacial score (nSPS) is 6.55. The van der Waals surface area contributed by atoms with Gasteiger partial charge in [-0.05, 0) is 0 Å². The zero-order valence-corrected chi connectivity index (χ0v) is 4.54. The van der Waals surface area contributed by atoms with Gasteiger partial charge in [-0.25, -0.2) is 9.60 Å². The van der Waals surface area contributed by atoms with Crippen LogP contribution in [-0.2, 0) is 9.69 Å². The van der Waals surface area contributed by atoms with E-state index in [1.807, 2.05) is 0 Å². The van der Waals surface area contributed by atoms with E-state index in [-0.39, 0.29) is 29.6 Å². The van der Waals surface area contributed by atoms with E-state index in [0.29, 0.717) is 0 Å². The van der Waals surface area contributed by atoms with Crippen LogP contribution in [0.4, 0.5) is 4.79 Å². The molecule has 0 aliphatic heterocycles. The fourth-order valence-corrected chi connectivity index (χ4v) is 0. The Bertz CT molecular complexity index is 84.2. The molecule has 0 heterocycles. The van der Waals surface area contributed by atoms with Crippen LogP contribution in [-0.4, -0.2) is 68.7 Å². The van der Waals surface area contributed by atoms with E-state index in [4.69, 9.17) is 30.5 Å². The van der Waals surface area contributed by atoms with Crippen molar-refractivity contribution in [3.63, 3.8) is 0 Å². The van der Waals surface area contributed by atoms with Gasteiger partial charge in [-0.2, -0.15) is 5.26 Å². The number of carboxylic acid groups (broad SMARTS) is 1. The van der Waals surface area contributed by atoms with E-state index in [1.54, 1.807) is 0 Å². The van der Waals surface area contributed by atoms with Crippen molar-refractivity contribution in [2.24, 2.45) is 0 Å². The molecule has 0 aliphatic rings. The molecule has 0 amide bonds. The fourth-order valence-electron chi connectivity index (χ4n) is 0. The molecule has 0 aromatic rings. The third-order valence-electron chi connectivity index (χ3n) is 0.172. The van der Waals surface area contributed by atoms with E-state index >= 15 is 0 Å². The van der Waals surface area contributed by atoms with Gasteiger partial charge < -0.3 is 15.2 Å². The summed E-state index contributed by atoms with van der Waals surface area (Å²) in [6.45, 7) is 0. The molecule has 0 aromatic carbocycles. The van der Waals surface area contributed by atoms with Gasteiger partial charge in [0, 0.05) is 0 Å². The Kier molecular flexibility index (Phi) is 20.1. The van der Waals surface area contributed by atoms with Crippen molar-refractivity contribution in [3.05, 3.63) is 0 Å². The molecule has 8 nitrogen and oxygen atoms in total. The van der Waals surface area contributed by atoms with E-state index in [1.165, 1.54) is 0 Å². The van der Waals surface area contributed by atoms with Crippen molar-refractivity contribution in [2.45, 2.75) is 0 Å². The second-order valence-corrected chi connectivity index (χ2v) is 0.789. The van der Waals surface area contributed by atoms with Gasteiger partial charge in [0.1, 0.15) is 0 Å². The molecule has 5 N–H and O–H groups in total. The van der Waals surface area contributed by atoms with Crippen LogP contribution in [0, 0.1) is 0 Å². The minimum atomic E-state index is -2.06. The Balaban J connectivity index is -0.000000107. The van der Waals surface area contributed by atoms with Gasteiger partial charge in [-0.15, -0.1) is 0 Å². The SMILES string of the molecule is O=C(O)OO.OOB(O)O.[NaH]. The van der Waals surface area contributed by atoms with Crippen molar-refractivity contribution in [1.29, 1.82) is 0 Å². The van der Waals surface area contributed by atoms with Crippen LogP contribution in [0.3, 0.4) is 0 Å². The van der Waals surface area contributed by atoms with E-state index in [0.717, 1.165) is 0 Å². The molecule has 0 radical (unpaired) electrons. The van der Waals surface area contributed by atoms with Gasteiger partial charge >= 0.3 is 43.0 Å². The van der Waals surface area contributed by atoms with Gasteiger partial charge in [0.2, 0.25) is 0 Å². The average molecular weight is 180 g/mol. The van der Waals surface area contributed by atoms with E-state index < -0.39 is 13.5 Å². The summed E-state index contributed by atoms with van der Waals surface area (Å²) in [4.78, 5) is 14.4. The molecule has 0 bridgehead atoms.